The van der Waals surface area contributed by atoms with Crippen molar-refractivity contribution in [3.8, 4) is 16.9 Å². The van der Waals surface area contributed by atoms with Gasteiger partial charge in [0.1, 0.15) is 5.82 Å². The minimum atomic E-state index is -0.321. The number of halogens is 2. The molecular formula is C31H29ClFN3O. The summed E-state index contributed by atoms with van der Waals surface area (Å²) in [7, 11) is 0. The number of aromatic nitrogens is 1. The summed E-state index contributed by atoms with van der Waals surface area (Å²) in [6.45, 7) is 5.74. The van der Waals surface area contributed by atoms with Gasteiger partial charge < -0.3 is 9.47 Å². The van der Waals surface area contributed by atoms with E-state index in [4.69, 9.17) is 11.6 Å². The molecule has 0 saturated carbocycles. The number of carbonyl (C=O) groups excluding carboxylic acids is 1. The number of hydrogen-bond acceptors (Lipinski definition) is 2. The first-order valence-electron chi connectivity index (χ1n) is 12.5. The Morgan fingerprint density at radius 3 is 2.35 bits per heavy atom. The Bertz CT molecular complexity index is 1400. The Morgan fingerprint density at radius 1 is 0.919 bits per heavy atom. The van der Waals surface area contributed by atoms with Gasteiger partial charge >= 0.3 is 0 Å². The Balaban J connectivity index is 1.35. The second-order valence-electron chi connectivity index (χ2n) is 9.26. The minimum Gasteiger partial charge on any atom is -0.336 e. The molecule has 5 rings (SSSR count). The highest BCUT2D eigenvalue weighted by molar-refractivity contribution is 6.30. The Kier molecular flexibility index (Phi) is 7.54. The summed E-state index contributed by atoms with van der Waals surface area (Å²) in [5.74, 6) is -0.319. The van der Waals surface area contributed by atoms with E-state index in [1.165, 1.54) is 17.7 Å². The maximum absolute atomic E-state index is 14.1. The fourth-order valence-electron chi connectivity index (χ4n) is 4.81. The lowest BCUT2D eigenvalue weighted by Crippen LogP contribution is -2.48. The van der Waals surface area contributed by atoms with Crippen molar-refractivity contribution in [1.29, 1.82) is 0 Å². The molecule has 1 aliphatic rings. The maximum atomic E-state index is 14.1. The van der Waals surface area contributed by atoms with Crippen molar-refractivity contribution < 1.29 is 9.18 Å². The van der Waals surface area contributed by atoms with Crippen LogP contribution in [0.2, 0.25) is 5.02 Å². The lowest BCUT2D eigenvalue weighted by molar-refractivity contribution is 0.0649. The lowest BCUT2D eigenvalue weighted by Gasteiger charge is -2.34. The summed E-state index contributed by atoms with van der Waals surface area (Å²) in [4.78, 5) is 17.9. The van der Waals surface area contributed by atoms with E-state index in [0.29, 0.717) is 29.4 Å². The van der Waals surface area contributed by atoms with E-state index in [2.05, 4.69) is 29.2 Å². The van der Waals surface area contributed by atoms with Crippen LogP contribution in [-0.4, -0.2) is 53.0 Å². The summed E-state index contributed by atoms with van der Waals surface area (Å²) in [6.07, 6.45) is 4.31. The lowest BCUT2D eigenvalue weighted by atomic mass is 10.1. The molecule has 0 aliphatic carbocycles. The summed E-state index contributed by atoms with van der Waals surface area (Å²) in [5.41, 5.74) is 5.02. The van der Waals surface area contributed by atoms with Gasteiger partial charge in [0.15, 0.2) is 0 Å². The van der Waals surface area contributed by atoms with Crippen LogP contribution in [-0.2, 0) is 0 Å². The number of piperazine rings is 1. The SMILES string of the molecule is Cc1c(C(=O)N2CCN(CC=Cc3ccccc3)CC2)cc(-c2ccc(Cl)cc2)n1-c1cccc(F)c1. The fourth-order valence-corrected chi connectivity index (χ4v) is 4.94. The van der Waals surface area contributed by atoms with Gasteiger partial charge in [0.05, 0.1) is 11.3 Å². The van der Waals surface area contributed by atoms with Gasteiger partial charge in [0.25, 0.3) is 5.91 Å². The monoisotopic (exact) mass is 513 g/mol. The summed E-state index contributed by atoms with van der Waals surface area (Å²) < 4.78 is 16.1. The number of carbonyl (C=O) groups is 1. The predicted octanol–water partition coefficient (Wildman–Crippen LogP) is 6.72. The number of amides is 1. The van der Waals surface area contributed by atoms with Crippen molar-refractivity contribution in [2.45, 2.75) is 6.92 Å². The molecule has 0 N–H and O–H groups in total. The highest BCUT2D eigenvalue weighted by atomic mass is 35.5. The van der Waals surface area contributed by atoms with Gasteiger partial charge in [0.2, 0.25) is 0 Å². The average molecular weight is 514 g/mol. The number of rotatable bonds is 6. The molecule has 1 amide bonds. The zero-order chi connectivity index (χ0) is 25.8. The molecule has 4 aromatic rings. The van der Waals surface area contributed by atoms with Gasteiger partial charge in [-0.15, -0.1) is 0 Å². The van der Waals surface area contributed by atoms with Crippen LogP contribution >= 0.6 is 11.6 Å². The van der Waals surface area contributed by atoms with Gasteiger partial charge in [-0.05, 0) is 54.4 Å². The van der Waals surface area contributed by atoms with Gasteiger partial charge in [0, 0.05) is 49.1 Å². The third kappa shape index (κ3) is 5.68. The Morgan fingerprint density at radius 2 is 1.65 bits per heavy atom. The summed E-state index contributed by atoms with van der Waals surface area (Å²) >= 11 is 6.11. The van der Waals surface area contributed by atoms with Crippen LogP contribution in [0.4, 0.5) is 4.39 Å². The molecular weight excluding hydrogens is 485 g/mol. The van der Waals surface area contributed by atoms with Gasteiger partial charge in [-0.1, -0.05) is 72.3 Å². The molecule has 4 nitrogen and oxygen atoms in total. The Hall–Kier alpha value is -3.67. The van der Waals surface area contributed by atoms with Crippen molar-refractivity contribution >= 4 is 23.6 Å². The third-order valence-electron chi connectivity index (χ3n) is 6.82. The molecule has 1 aromatic heterocycles. The largest absolute Gasteiger partial charge is 0.336 e. The van der Waals surface area contributed by atoms with Crippen molar-refractivity contribution in [3.63, 3.8) is 0 Å². The molecule has 0 radical (unpaired) electrons. The standard InChI is InChI=1S/C31H29ClFN3O/c1-23-29(31(37)35-19-17-34(18-20-35)16-6-9-24-7-3-2-4-8-24)22-30(25-12-14-26(32)15-13-25)36(23)28-11-5-10-27(33)21-28/h2-15,21-22H,16-20H2,1H3. The highest BCUT2D eigenvalue weighted by Gasteiger charge is 2.26. The molecule has 188 valence electrons. The molecule has 37 heavy (non-hydrogen) atoms. The van der Waals surface area contributed by atoms with Gasteiger partial charge in [-0.2, -0.15) is 0 Å². The van der Waals surface area contributed by atoms with Crippen LogP contribution in [0.1, 0.15) is 21.6 Å². The molecule has 0 bridgehead atoms. The zero-order valence-corrected chi connectivity index (χ0v) is 21.5. The zero-order valence-electron chi connectivity index (χ0n) is 20.8. The first-order chi connectivity index (χ1) is 18.0. The molecule has 2 heterocycles. The second-order valence-corrected chi connectivity index (χ2v) is 9.69. The molecule has 0 spiro atoms. The summed E-state index contributed by atoms with van der Waals surface area (Å²) in [5, 5.41) is 0.636. The molecule has 1 saturated heterocycles. The fraction of sp³-hybridized carbons (Fsp3) is 0.194. The Labute approximate surface area is 222 Å². The van der Waals surface area contributed by atoms with E-state index in [9.17, 15) is 9.18 Å². The van der Waals surface area contributed by atoms with Crippen molar-refractivity contribution in [1.82, 2.24) is 14.4 Å². The van der Waals surface area contributed by atoms with Crippen LogP contribution in [0.3, 0.4) is 0 Å². The van der Waals surface area contributed by atoms with E-state index in [0.717, 1.165) is 36.6 Å². The van der Waals surface area contributed by atoms with Crippen LogP contribution in [0.25, 0.3) is 23.0 Å². The van der Waals surface area contributed by atoms with E-state index >= 15 is 0 Å². The average Bonchev–Trinajstić information content (AvgIpc) is 3.26. The van der Waals surface area contributed by atoms with Crippen molar-refractivity contribution in [2.75, 3.05) is 32.7 Å². The molecule has 1 fully saturated rings. The van der Waals surface area contributed by atoms with Crippen LogP contribution in [0.15, 0.2) is 91.0 Å². The third-order valence-corrected chi connectivity index (χ3v) is 7.07. The number of benzene rings is 3. The van der Waals surface area contributed by atoms with Crippen LogP contribution < -0.4 is 0 Å². The second kappa shape index (κ2) is 11.2. The molecule has 6 heteroatoms. The topological polar surface area (TPSA) is 28.5 Å². The van der Waals surface area contributed by atoms with Gasteiger partial charge in [-0.3, -0.25) is 9.69 Å². The molecule has 0 atom stereocenters. The molecule has 3 aromatic carbocycles. The molecule has 1 aliphatic heterocycles. The minimum absolute atomic E-state index is 0.00217. The van der Waals surface area contributed by atoms with Crippen LogP contribution in [0.5, 0.6) is 0 Å². The first kappa shape index (κ1) is 25.0. The predicted molar refractivity (Wildman–Crippen MR) is 149 cm³/mol. The summed E-state index contributed by atoms with van der Waals surface area (Å²) in [6, 6.07) is 26.1. The quantitative estimate of drug-likeness (QED) is 0.286. The van der Waals surface area contributed by atoms with E-state index < -0.39 is 0 Å². The number of hydrogen-bond donors (Lipinski definition) is 0. The normalized spacial score (nSPS) is 14.4. The number of nitrogens with zero attached hydrogens (tertiary/aromatic N) is 3. The van der Waals surface area contributed by atoms with E-state index in [1.54, 1.807) is 6.07 Å². The smallest absolute Gasteiger partial charge is 0.255 e. The van der Waals surface area contributed by atoms with Gasteiger partial charge in [-0.25, -0.2) is 4.39 Å². The van der Waals surface area contributed by atoms with Crippen molar-refractivity contribution in [2.24, 2.45) is 0 Å². The van der Waals surface area contributed by atoms with E-state index in [1.807, 2.05) is 71.0 Å². The maximum Gasteiger partial charge on any atom is 0.255 e. The van der Waals surface area contributed by atoms with Crippen molar-refractivity contribution in [3.05, 3.63) is 119 Å². The first-order valence-corrected chi connectivity index (χ1v) is 12.8. The van der Waals surface area contributed by atoms with Crippen LogP contribution in [0, 0.1) is 12.7 Å². The van der Waals surface area contributed by atoms with E-state index in [-0.39, 0.29) is 11.7 Å². The highest BCUT2D eigenvalue weighted by Crippen LogP contribution is 2.31. The molecule has 0 unspecified atom stereocenters.